The highest BCUT2D eigenvalue weighted by Gasteiger charge is 2.41. The first kappa shape index (κ1) is 25.9. The first-order chi connectivity index (χ1) is 16.1. The molecule has 0 aliphatic carbocycles. The molecule has 184 valence electrons. The van der Waals surface area contributed by atoms with E-state index in [1.807, 2.05) is 52.0 Å². The van der Waals surface area contributed by atoms with E-state index in [0.717, 1.165) is 43.6 Å². The van der Waals surface area contributed by atoms with Crippen LogP contribution in [0.1, 0.15) is 64.2 Å². The molecule has 1 saturated heterocycles. The van der Waals surface area contributed by atoms with Crippen molar-refractivity contribution in [3.8, 4) is 0 Å². The van der Waals surface area contributed by atoms with Gasteiger partial charge in [-0.25, -0.2) is 4.79 Å². The molecule has 0 spiro atoms. The molecule has 1 aromatic rings. The van der Waals surface area contributed by atoms with Gasteiger partial charge in [-0.2, -0.15) is 0 Å². The molecule has 2 aliphatic rings. The van der Waals surface area contributed by atoms with Crippen molar-refractivity contribution in [2.24, 2.45) is 16.7 Å². The van der Waals surface area contributed by atoms with Crippen LogP contribution in [0.25, 0.3) is 0 Å². The smallest absolute Gasteiger partial charge is 0.338 e. The summed E-state index contributed by atoms with van der Waals surface area (Å²) in [5.74, 6) is 0.365. The van der Waals surface area contributed by atoms with Gasteiger partial charge in [0, 0.05) is 24.3 Å². The van der Waals surface area contributed by atoms with E-state index in [1.54, 1.807) is 12.1 Å². The third-order valence-electron chi connectivity index (χ3n) is 6.53. The van der Waals surface area contributed by atoms with E-state index in [9.17, 15) is 9.59 Å². The molecular formula is C28H38NO5+. The van der Waals surface area contributed by atoms with Gasteiger partial charge >= 0.3 is 5.97 Å². The van der Waals surface area contributed by atoms with Crippen LogP contribution < -0.4 is 5.32 Å². The number of rotatable bonds is 9. The van der Waals surface area contributed by atoms with Crippen molar-refractivity contribution in [2.45, 2.75) is 53.9 Å². The Morgan fingerprint density at radius 1 is 1.12 bits per heavy atom. The summed E-state index contributed by atoms with van der Waals surface area (Å²) in [5.41, 5.74) is 1.61. The van der Waals surface area contributed by atoms with Gasteiger partial charge in [-0.3, -0.25) is 10.1 Å². The van der Waals surface area contributed by atoms with Gasteiger partial charge in [0.15, 0.2) is 11.3 Å². The number of hydrogen-bond donors (Lipinski definition) is 1. The Bertz CT molecular complexity index is 923. The Balaban J connectivity index is 1.68. The molecule has 2 heterocycles. The van der Waals surface area contributed by atoms with Gasteiger partial charge in [0.05, 0.1) is 25.2 Å². The van der Waals surface area contributed by atoms with Crippen LogP contribution in [0.4, 0.5) is 0 Å². The molecule has 2 aliphatic heterocycles. The Hall–Kier alpha value is -2.73. The maximum absolute atomic E-state index is 13.1. The second-order valence-electron chi connectivity index (χ2n) is 10.3. The lowest BCUT2D eigenvalue weighted by atomic mass is 9.79. The second-order valence-corrected chi connectivity index (χ2v) is 10.3. The summed E-state index contributed by atoms with van der Waals surface area (Å²) >= 11 is 0. The quantitative estimate of drug-likeness (QED) is 0.397. The molecule has 6 heteroatoms. The number of nitrogens with one attached hydrogen (secondary N) is 1. The molecule has 3 rings (SSSR count). The van der Waals surface area contributed by atoms with Crippen molar-refractivity contribution in [1.82, 2.24) is 5.32 Å². The number of carbonyl (C=O) groups is 2. The van der Waals surface area contributed by atoms with E-state index in [-0.39, 0.29) is 18.5 Å². The van der Waals surface area contributed by atoms with E-state index in [2.05, 4.69) is 18.7 Å². The first-order valence-corrected chi connectivity index (χ1v) is 12.2. The van der Waals surface area contributed by atoms with Crippen LogP contribution in [0.2, 0.25) is 0 Å². The number of esters is 1. The molecule has 0 unspecified atom stereocenters. The summed E-state index contributed by atoms with van der Waals surface area (Å²) in [6, 6.07) is 8.98. The summed E-state index contributed by atoms with van der Waals surface area (Å²) in [6.45, 7) is 12.1. The van der Waals surface area contributed by atoms with E-state index >= 15 is 0 Å². The Kier molecular flexibility index (Phi) is 8.47. The highest BCUT2D eigenvalue weighted by atomic mass is 16.5. The monoisotopic (exact) mass is 468 g/mol. The lowest BCUT2D eigenvalue weighted by Crippen LogP contribution is -2.40. The van der Waals surface area contributed by atoms with Gasteiger partial charge in [0.25, 0.3) is 5.91 Å². The van der Waals surface area contributed by atoms with Crippen molar-refractivity contribution in [2.75, 3.05) is 26.4 Å². The summed E-state index contributed by atoms with van der Waals surface area (Å²) in [6.07, 6.45) is 6.72. The zero-order chi connectivity index (χ0) is 24.8. The number of benzene rings is 1. The molecule has 0 aromatic heterocycles. The SMILES string of the molecule is CCC1=C(C(C)(C)COC(=O)c2ccccc2)C=C(NC(=O)C(C)(C)[CH+]C2CCOCC2)OC1. The molecule has 34 heavy (non-hydrogen) atoms. The second kappa shape index (κ2) is 11.1. The first-order valence-electron chi connectivity index (χ1n) is 12.2. The van der Waals surface area contributed by atoms with Crippen molar-refractivity contribution < 1.29 is 23.8 Å². The molecule has 6 nitrogen and oxygen atoms in total. The molecule has 1 aromatic carbocycles. The van der Waals surface area contributed by atoms with Gasteiger partial charge in [-0.05, 0) is 43.5 Å². The van der Waals surface area contributed by atoms with Crippen molar-refractivity contribution >= 4 is 11.9 Å². The van der Waals surface area contributed by atoms with Crippen LogP contribution in [-0.2, 0) is 19.0 Å². The average molecular weight is 469 g/mol. The number of amides is 1. The van der Waals surface area contributed by atoms with Crippen LogP contribution in [0.5, 0.6) is 0 Å². The molecule has 1 N–H and O–H groups in total. The minimum atomic E-state index is -0.637. The van der Waals surface area contributed by atoms with Crippen LogP contribution in [-0.4, -0.2) is 38.3 Å². The Morgan fingerprint density at radius 2 is 1.79 bits per heavy atom. The zero-order valence-corrected chi connectivity index (χ0v) is 21.1. The van der Waals surface area contributed by atoms with Crippen LogP contribution in [0, 0.1) is 23.2 Å². The fourth-order valence-corrected chi connectivity index (χ4v) is 4.36. The van der Waals surface area contributed by atoms with E-state index in [1.165, 1.54) is 0 Å². The number of hydrogen-bond acceptors (Lipinski definition) is 5. The lowest BCUT2D eigenvalue weighted by Gasteiger charge is -2.32. The molecule has 0 bridgehead atoms. The van der Waals surface area contributed by atoms with E-state index in [4.69, 9.17) is 14.2 Å². The summed E-state index contributed by atoms with van der Waals surface area (Å²) < 4.78 is 17.0. The molecular weight excluding hydrogens is 430 g/mol. The predicted molar refractivity (Wildman–Crippen MR) is 132 cm³/mol. The molecule has 0 saturated carbocycles. The topological polar surface area (TPSA) is 73.9 Å². The fourth-order valence-electron chi connectivity index (χ4n) is 4.36. The van der Waals surface area contributed by atoms with Gasteiger partial charge in [-0.1, -0.05) is 39.0 Å². The maximum atomic E-state index is 13.1. The predicted octanol–water partition coefficient (Wildman–Crippen LogP) is 5.22. The van der Waals surface area contributed by atoms with E-state index < -0.39 is 10.8 Å². The van der Waals surface area contributed by atoms with Crippen LogP contribution in [0.3, 0.4) is 0 Å². The zero-order valence-electron chi connectivity index (χ0n) is 21.1. The third kappa shape index (κ3) is 6.66. The average Bonchev–Trinajstić information content (AvgIpc) is 2.83. The minimum absolute atomic E-state index is 0.0992. The normalized spacial score (nSPS) is 17.5. The van der Waals surface area contributed by atoms with Crippen molar-refractivity contribution in [3.05, 3.63) is 65.4 Å². The third-order valence-corrected chi connectivity index (χ3v) is 6.53. The van der Waals surface area contributed by atoms with Crippen LogP contribution in [0.15, 0.2) is 53.4 Å². The van der Waals surface area contributed by atoms with Gasteiger partial charge < -0.3 is 14.2 Å². The molecule has 1 amide bonds. The molecule has 0 radical (unpaired) electrons. The largest absolute Gasteiger partial charge is 0.474 e. The van der Waals surface area contributed by atoms with Gasteiger partial charge in [0.1, 0.15) is 19.1 Å². The molecule has 1 fully saturated rings. The van der Waals surface area contributed by atoms with Crippen molar-refractivity contribution in [3.63, 3.8) is 0 Å². The maximum Gasteiger partial charge on any atom is 0.338 e. The number of allylic oxidation sites excluding steroid dienone is 1. The Labute approximate surface area is 203 Å². The summed E-state index contributed by atoms with van der Waals surface area (Å²) in [4.78, 5) is 25.6. The lowest BCUT2D eigenvalue weighted by molar-refractivity contribution is -0.128. The Morgan fingerprint density at radius 3 is 2.44 bits per heavy atom. The minimum Gasteiger partial charge on any atom is -0.474 e. The highest BCUT2D eigenvalue weighted by molar-refractivity contribution is 5.89. The van der Waals surface area contributed by atoms with Gasteiger partial charge in [0.2, 0.25) is 0 Å². The summed E-state index contributed by atoms with van der Waals surface area (Å²) in [7, 11) is 0. The summed E-state index contributed by atoms with van der Waals surface area (Å²) in [5, 5.41) is 2.98. The fraction of sp³-hybridized carbons (Fsp3) is 0.536. The van der Waals surface area contributed by atoms with Crippen LogP contribution >= 0.6 is 0 Å². The van der Waals surface area contributed by atoms with Crippen molar-refractivity contribution in [1.29, 1.82) is 0 Å². The number of carbonyl (C=O) groups excluding carboxylic acids is 2. The molecule has 0 atom stereocenters. The number of ether oxygens (including phenoxy) is 3. The highest BCUT2D eigenvalue weighted by Crippen LogP contribution is 2.36. The van der Waals surface area contributed by atoms with Gasteiger partial charge in [-0.15, -0.1) is 0 Å². The standard InChI is InChI=1S/C28H37NO5/c1-6-21-18-33-24(29-26(31)27(2,3)17-20-12-14-32-15-13-20)16-23(21)28(4,5)19-34-25(30)22-10-8-7-9-11-22/h7-11,16-17,20H,6,12-15,18-19H2,1-5H3/p+1. The van der Waals surface area contributed by atoms with E-state index in [0.29, 0.717) is 24.0 Å².